The van der Waals surface area contributed by atoms with E-state index in [1.165, 1.54) is 0 Å². The second-order valence-electron chi connectivity index (χ2n) is 4.59. The van der Waals surface area contributed by atoms with Crippen molar-refractivity contribution in [1.29, 1.82) is 0 Å². The van der Waals surface area contributed by atoms with E-state index in [9.17, 15) is 0 Å². The van der Waals surface area contributed by atoms with Crippen molar-refractivity contribution in [2.24, 2.45) is 0 Å². The van der Waals surface area contributed by atoms with E-state index in [1.54, 1.807) is 18.2 Å². The van der Waals surface area contributed by atoms with Gasteiger partial charge in [-0.05, 0) is 17.7 Å². The number of rotatable bonds is 5. The third kappa shape index (κ3) is 3.59. The van der Waals surface area contributed by atoms with Crippen LogP contribution in [0.25, 0.3) is 0 Å². The van der Waals surface area contributed by atoms with Gasteiger partial charge in [0, 0.05) is 0 Å². The Balaban J connectivity index is 1.65. The van der Waals surface area contributed by atoms with E-state index in [0.717, 1.165) is 5.56 Å². The van der Waals surface area contributed by atoms with Crippen molar-refractivity contribution in [1.82, 2.24) is 10.2 Å². The third-order valence-electron chi connectivity index (χ3n) is 2.97. The van der Waals surface area contributed by atoms with Crippen LogP contribution >= 0.6 is 23.2 Å². The van der Waals surface area contributed by atoms with E-state index in [-0.39, 0.29) is 6.61 Å². The molecule has 3 aromatic rings. The van der Waals surface area contributed by atoms with Crippen molar-refractivity contribution in [3.05, 3.63) is 75.9 Å². The number of ether oxygens (including phenoxy) is 1. The van der Waals surface area contributed by atoms with Gasteiger partial charge in [0.15, 0.2) is 12.4 Å². The summed E-state index contributed by atoms with van der Waals surface area (Å²) in [6, 6.07) is 15.1. The number of nitrogens with zero attached hydrogens (tertiary/aromatic N) is 2. The molecule has 0 spiro atoms. The third-order valence-corrected chi connectivity index (χ3v) is 3.56. The maximum atomic E-state index is 6.03. The number of hydrogen-bond acceptors (Lipinski definition) is 4. The van der Waals surface area contributed by atoms with Crippen LogP contribution in [0.1, 0.15) is 17.3 Å². The zero-order valence-corrected chi connectivity index (χ0v) is 13.0. The molecule has 0 saturated carbocycles. The van der Waals surface area contributed by atoms with Crippen molar-refractivity contribution in [2.45, 2.75) is 13.0 Å². The molecule has 22 heavy (non-hydrogen) atoms. The first-order chi connectivity index (χ1) is 10.7. The first-order valence-electron chi connectivity index (χ1n) is 6.64. The molecule has 0 bridgehead atoms. The Bertz CT molecular complexity index is 740. The molecule has 0 radical (unpaired) electrons. The van der Waals surface area contributed by atoms with Crippen LogP contribution in [0.3, 0.4) is 0 Å². The van der Waals surface area contributed by atoms with Crippen molar-refractivity contribution in [3.8, 4) is 5.75 Å². The summed E-state index contributed by atoms with van der Waals surface area (Å²) in [6.45, 7) is 0.116. The van der Waals surface area contributed by atoms with Gasteiger partial charge < -0.3 is 9.15 Å². The molecule has 0 atom stereocenters. The maximum Gasteiger partial charge on any atom is 0.253 e. The average molecular weight is 335 g/mol. The Kier molecular flexibility index (Phi) is 4.61. The van der Waals surface area contributed by atoms with Crippen LogP contribution in [-0.4, -0.2) is 10.2 Å². The van der Waals surface area contributed by atoms with Gasteiger partial charge in [-0.25, -0.2) is 0 Å². The Labute approximate surface area is 137 Å². The molecule has 1 aromatic heterocycles. The van der Waals surface area contributed by atoms with E-state index < -0.39 is 0 Å². The second-order valence-corrected chi connectivity index (χ2v) is 5.41. The summed E-state index contributed by atoms with van der Waals surface area (Å²) in [4.78, 5) is 0. The summed E-state index contributed by atoms with van der Waals surface area (Å²) in [5.74, 6) is 1.32. The zero-order chi connectivity index (χ0) is 15.4. The number of para-hydroxylation sites is 1. The topological polar surface area (TPSA) is 48.2 Å². The highest BCUT2D eigenvalue weighted by atomic mass is 35.5. The molecule has 0 aliphatic heterocycles. The standard InChI is InChI=1S/C16H12Cl2N2O2/c17-12-7-4-8-13(18)16(12)21-10-15-20-19-14(22-15)9-11-5-2-1-3-6-11/h1-8H,9-10H2. The average Bonchev–Trinajstić information content (AvgIpc) is 2.95. The van der Waals surface area contributed by atoms with Crippen molar-refractivity contribution >= 4 is 23.2 Å². The van der Waals surface area contributed by atoms with Crippen LogP contribution in [0.15, 0.2) is 52.9 Å². The van der Waals surface area contributed by atoms with Crippen molar-refractivity contribution < 1.29 is 9.15 Å². The molecule has 0 aliphatic rings. The van der Waals surface area contributed by atoms with E-state index in [4.69, 9.17) is 32.4 Å². The van der Waals surface area contributed by atoms with Crippen LogP contribution in [-0.2, 0) is 13.0 Å². The van der Waals surface area contributed by atoms with Gasteiger partial charge in [-0.1, -0.05) is 59.6 Å². The van der Waals surface area contributed by atoms with Gasteiger partial charge in [0.2, 0.25) is 5.89 Å². The normalized spacial score (nSPS) is 10.6. The Hall–Kier alpha value is -2.04. The number of halogens is 2. The van der Waals surface area contributed by atoms with Crippen LogP contribution in [0.5, 0.6) is 5.75 Å². The van der Waals surface area contributed by atoms with Gasteiger partial charge in [0.25, 0.3) is 5.89 Å². The van der Waals surface area contributed by atoms with Crippen LogP contribution in [0.4, 0.5) is 0 Å². The lowest BCUT2D eigenvalue weighted by molar-refractivity contribution is 0.260. The molecule has 0 aliphatic carbocycles. The molecule has 4 nitrogen and oxygen atoms in total. The predicted octanol–water partition coefficient (Wildman–Crippen LogP) is 4.55. The summed E-state index contributed by atoms with van der Waals surface area (Å²) < 4.78 is 11.1. The van der Waals surface area contributed by atoms with Crippen LogP contribution in [0.2, 0.25) is 10.0 Å². The fourth-order valence-corrected chi connectivity index (χ4v) is 2.45. The molecule has 6 heteroatoms. The highest BCUT2D eigenvalue weighted by Crippen LogP contribution is 2.32. The molecule has 0 saturated heterocycles. The monoisotopic (exact) mass is 334 g/mol. The van der Waals surface area contributed by atoms with Crippen molar-refractivity contribution in [2.75, 3.05) is 0 Å². The Morgan fingerprint density at radius 1 is 0.864 bits per heavy atom. The van der Waals surface area contributed by atoms with E-state index in [1.807, 2.05) is 30.3 Å². The Morgan fingerprint density at radius 3 is 2.27 bits per heavy atom. The lowest BCUT2D eigenvalue weighted by atomic mass is 10.2. The fraction of sp³-hybridized carbons (Fsp3) is 0.125. The molecule has 0 fully saturated rings. The quantitative estimate of drug-likeness (QED) is 0.686. The minimum absolute atomic E-state index is 0.116. The van der Waals surface area contributed by atoms with Gasteiger partial charge >= 0.3 is 0 Å². The first-order valence-corrected chi connectivity index (χ1v) is 7.40. The molecule has 0 unspecified atom stereocenters. The Morgan fingerprint density at radius 2 is 1.55 bits per heavy atom. The highest BCUT2D eigenvalue weighted by Gasteiger charge is 2.11. The fourth-order valence-electron chi connectivity index (χ4n) is 1.94. The zero-order valence-electron chi connectivity index (χ0n) is 11.5. The molecule has 112 valence electrons. The van der Waals surface area contributed by atoms with Gasteiger partial charge in [0.1, 0.15) is 0 Å². The minimum Gasteiger partial charge on any atom is -0.481 e. The maximum absolute atomic E-state index is 6.03. The van der Waals surface area contributed by atoms with Crippen LogP contribution in [0, 0.1) is 0 Å². The summed E-state index contributed by atoms with van der Waals surface area (Å²) >= 11 is 12.1. The van der Waals surface area contributed by atoms with Gasteiger partial charge in [0.05, 0.1) is 16.5 Å². The lowest BCUT2D eigenvalue weighted by Gasteiger charge is -2.07. The van der Waals surface area contributed by atoms with Crippen LogP contribution < -0.4 is 4.74 Å². The van der Waals surface area contributed by atoms with Gasteiger partial charge in [-0.15, -0.1) is 10.2 Å². The number of hydrogen-bond donors (Lipinski definition) is 0. The summed E-state index contributed by atoms with van der Waals surface area (Å²) in [7, 11) is 0. The molecule has 1 heterocycles. The lowest BCUT2D eigenvalue weighted by Crippen LogP contribution is -1.96. The number of benzene rings is 2. The summed E-state index contributed by atoms with van der Waals surface area (Å²) in [5, 5.41) is 8.85. The molecule has 0 amide bonds. The first kappa shape index (κ1) is 14.9. The van der Waals surface area contributed by atoms with Crippen molar-refractivity contribution in [3.63, 3.8) is 0 Å². The molecule has 3 rings (SSSR count). The molecule has 0 N–H and O–H groups in total. The minimum atomic E-state index is 0.116. The van der Waals surface area contributed by atoms with Gasteiger partial charge in [-0.2, -0.15) is 0 Å². The second kappa shape index (κ2) is 6.81. The summed E-state index contributed by atoms with van der Waals surface area (Å²) in [6.07, 6.45) is 0.584. The molecular formula is C16H12Cl2N2O2. The summed E-state index contributed by atoms with van der Waals surface area (Å²) in [5.41, 5.74) is 1.10. The molecular weight excluding hydrogens is 323 g/mol. The predicted molar refractivity (Wildman–Crippen MR) is 84.3 cm³/mol. The van der Waals surface area contributed by atoms with E-state index in [0.29, 0.717) is 34.0 Å². The van der Waals surface area contributed by atoms with E-state index >= 15 is 0 Å². The number of aromatic nitrogens is 2. The van der Waals surface area contributed by atoms with Gasteiger partial charge in [-0.3, -0.25) is 0 Å². The smallest absolute Gasteiger partial charge is 0.253 e. The SMILES string of the molecule is Clc1cccc(Cl)c1OCc1nnc(Cc2ccccc2)o1. The highest BCUT2D eigenvalue weighted by molar-refractivity contribution is 6.37. The van der Waals surface area contributed by atoms with E-state index in [2.05, 4.69) is 10.2 Å². The largest absolute Gasteiger partial charge is 0.481 e. The molecule has 2 aromatic carbocycles.